The average Bonchev–Trinajstić information content (AvgIpc) is 3.36. The molecule has 8 nitrogen and oxygen atoms in total. The molecule has 2 aromatic carbocycles. The van der Waals surface area contributed by atoms with Gasteiger partial charge in [-0.05, 0) is 48.7 Å². The first kappa shape index (κ1) is 21.5. The Morgan fingerprint density at radius 2 is 1.88 bits per heavy atom. The van der Waals surface area contributed by atoms with Crippen molar-refractivity contribution in [3.63, 3.8) is 0 Å². The minimum Gasteiger partial charge on any atom is -0.508 e. The number of carbonyl (C=O) groups is 3. The second-order valence-corrected chi connectivity index (χ2v) is 8.75. The number of hydrogen-bond donors (Lipinski definition) is 3. The van der Waals surface area contributed by atoms with Crippen LogP contribution in [0.1, 0.15) is 17.5 Å². The second kappa shape index (κ2) is 7.93. The van der Waals surface area contributed by atoms with Gasteiger partial charge in [0, 0.05) is 37.6 Å². The lowest BCUT2D eigenvalue weighted by Gasteiger charge is -2.29. The number of methoxy groups -OCH3 is 1. The molecule has 0 aliphatic carbocycles. The minimum atomic E-state index is -1.54. The van der Waals surface area contributed by atoms with Crippen LogP contribution in [0.15, 0.2) is 42.5 Å². The monoisotopic (exact) mass is 453 g/mol. The summed E-state index contributed by atoms with van der Waals surface area (Å²) in [5.41, 5.74) is 0.0653. The maximum Gasteiger partial charge on any atom is 0.250 e. The number of nitrogens with one attached hydrogen (secondary N) is 2. The number of halogens is 1. The van der Waals surface area contributed by atoms with E-state index in [0.717, 1.165) is 5.56 Å². The third-order valence-corrected chi connectivity index (χ3v) is 6.89. The molecule has 3 heterocycles. The molecular formula is C24H24FN3O5. The van der Waals surface area contributed by atoms with Gasteiger partial charge in [-0.15, -0.1) is 0 Å². The Morgan fingerprint density at radius 1 is 1.12 bits per heavy atom. The Morgan fingerprint density at radius 3 is 2.61 bits per heavy atom. The number of likely N-dealkylation sites (tertiary alicyclic amines) is 1. The summed E-state index contributed by atoms with van der Waals surface area (Å²) in [5, 5.41) is 15.6. The molecule has 3 amide bonds. The Bertz CT molecular complexity index is 1140. The Hall–Kier alpha value is -3.30. The fraction of sp³-hybridized carbons (Fsp3) is 0.375. The molecule has 0 aromatic heterocycles. The number of rotatable bonds is 6. The maximum atomic E-state index is 14.2. The standard InChI is InChI=1S/C24H24FN3O5/c1-33-10-2-9-28-21(30)19-18(11-13-3-6-15(29)7-4-13)27-24(20(19)22(28)31)16-12-14(25)5-8-17(16)26-23(24)32/h3-8,12,18-20,27,29H,2,9-11H2,1H3,(H,26,32)/t18-,19-,20+,24+/m1/s1. The zero-order valence-corrected chi connectivity index (χ0v) is 18.0. The molecule has 0 bridgehead atoms. The Labute approximate surface area is 189 Å². The van der Waals surface area contributed by atoms with Crippen molar-refractivity contribution in [2.24, 2.45) is 11.8 Å². The molecule has 3 N–H and O–H groups in total. The van der Waals surface area contributed by atoms with Gasteiger partial charge in [-0.3, -0.25) is 24.6 Å². The zero-order valence-electron chi connectivity index (χ0n) is 18.0. The van der Waals surface area contributed by atoms with Crippen molar-refractivity contribution >= 4 is 23.4 Å². The highest BCUT2D eigenvalue weighted by Crippen LogP contribution is 2.53. The lowest BCUT2D eigenvalue weighted by molar-refractivity contribution is -0.143. The van der Waals surface area contributed by atoms with Crippen LogP contribution in [0, 0.1) is 17.7 Å². The summed E-state index contributed by atoms with van der Waals surface area (Å²) < 4.78 is 19.3. The van der Waals surface area contributed by atoms with Crippen LogP contribution in [0.4, 0.5) is 10.1 Å². The van der Waals surface area contributed by atoms with Crippen molar-refractivity contribution < 1.29 is 28.6 Å². The van der Waals surface area contributed by atoms with Crippen molar-refractivity contribution in [3.8, 4) is 5.75 Å². The van der Waals surface area contributed by atoms with E-state index in [0.29, 0.717) is 30.7 Å². The molecule has 9 heteroatoms. The van der Waals surface area contributed by atoms with Gasteiger partial charge >= 0.3 is 0 Å². The predicted molar refractivity (Wildman–Crippen MR) is 116 cm³/mol. The van der Waals surface area contributed by atoms with E-state index < -0.39 is 41.0 Å². The Balaban J connectivity index is 1.58. The molecule has 33 heavy (non-hydrogen) atoms. The number of phenolic OH excluding ortho intramolecular Hbond substituents is 1. The summed E-state index contributed by atoms with van der Waals surface area (Å²) in [6.07, 6.45) is 0.833. The van der Waals surface area contributed by atoms with Crippen molar-refractivity contribution in [1.82, 2.24) is 10.2 Å². The number of benzene rings is 2. The number of nitrogens with zero attached hydrogens (tertiary/aromatic N) is 1. The van der Waals surface area contributed by atoms with Crippen molar-refractivity contribution in [2.75, 3.05) is 25.6 Å². The molecular weight excluding hydrogens is 429 g/mol. The van der Waals surface area contributed by atoms with Crippen LogP contribution in [-0.2, 0) is 31.1 Å². The second-order valence-electron chi connectivity index (χ2n) is 8.75. The highest BCUT2D eigenvalue weighted by Gasteiger charge is 2.70. The van der Waals surface area contributed by atoms with Crippen LogP contribution in [0.5, 0.6) is 5.75 Å². The smallest absolute Gasteiger partial charge is 0.250 e. The van der Waals surface area contributed by atoms with E-state index in [-0.39, 0.29) is 18.2 Å². The van der Waals surface area contributed by atoms with Crippen LogP contribution in [-0.4, -0.2) is 54.0 Å². The molecule has 172 valence electrons. The number of ether oxygens (including phenoxy) is 1. The quantitative estimate of drug-likeness (QED) is 0.452. The van der Waals surface area contributed by atoms with Gasteiger partial charge in [0.25, 0.3) is 0 Å². The van der Waals surface area contributed by atoms with Gasteiger partial charge in [-0.1, -0.05) is 12.1 Å². The van der Waals surface area contributed by atoms with Crippen LogP contribution in [0.25, 0.3) is 0 Å². The van der Waals surface area contributed by atoms with Gasteiger partial charge in [-0.2, -0.15) is 0 Å². The van der Waals surface area contributed by atoms with Gasteiger partial charge in [-0.25, -0.2) is 4.39 Å². The minimum absolute atomic E-state index is 0.114. The maximum absolute atomic E-state index is 14.2. The van der Waals surface area contributed by atoms with Gasteiger partial charge in [0.15, 0.2) is 0 Å². The molecule has 4 atom stereocenters. The predicted octanol–water partition coefficient (Wildman–Crippen LogP) is 1.53. The largest absolute Gasteiger partial charge is 0.508 e. The molecule has 0 unspecified atom stereocenters. The van der Waals surface area contributed by atoms with E-state index in [9.17, 15) is 23.9 Å². The van der Waals surface area contributed by atoms with Gasteiger partial charge in [0.05, 0.1) is 11.8 Å². The zero-order chi connectivity index (χ0) is 23.3. The fourth-order valence-electron chi connectivity index (χ4n) is 5.48. The van der Waals surface area contributed by atoms with Crippen molar-refractivity contribution in [3.05, 3.63) is 59.4 Å². The first-order valence-electron chi connectivity index (χ1n) is 10.9. The van der Waals surface area contributed by atoms with E-state index in [1.54, 1.807) is 31.4 Å². The number of phenols is 1. The molecule has 0 radical (unpaired) electrons. The van der Waals surface area contributed by atoms with E-state index in [2.05, 4.69) is 10.6 Å². The number of hydrogen-bond acceptors (Lipinski definition) is 6. The number of carbonyl (C=O) groups excluding carboxylic acids is 3. The summed E-state index contributed by atoms with van der Waals surface area (Å²) in [5.74, 6) is -3.43. The third kappa shape index (κ3) is 3.22. The molecule has 2 aromatic rings. The molecule has 5 rings (SSSR count). The number of amides is 3. The number of fused-ring (bicyclic) bond motifs is 4. The van der Waals surface area contributed by atoms with Gasteiger partial charge in [0.1, 0.15) is 17.1 Å². The summed E-state index contributed by atoms with van der Waals surface area (Å²) in [4.78, 5) is 41.6. The SMILES string of the molecule is COCCCN1C(=O)[C@H]2[C@@H](C1=O)[C@]1(N[C@@H]2Cc2ccc(O)cc2)C(=O)Nc2ccc(F)cc21. The summed E-state index contributed by atoms with van der Waals surface area (Å²) in [6.45, 7) is 0.583. The highest BCUT2D eigenvalue weighted by atomic mass is 19.1. The topological polar surface area (TPSA) is 108 Å². The van der Waals surface area contributed by atoms with Crippen molar-refractivity contribution in [1.29, 1.82) is 0 Å². The lowest BCUT2D eigenvalue weighted by Crippen LogP contribution is -2.53. The summed E-state index contributed by atoms with van der Waals surface area (Å²) in [7, 11) is 1.54. The number of imide groups is 1. The van der Waals surface area contributed by atoms with E-state index in [1.165, 1.54) is 23.1 Å². The van der Waals surface area contributed by atoms with E-state index in [1.807, 2.05) is 0 Å². The summed E-state index contributed by atoms with van der Waals surface area (Å²) >= 11 is 0. The van der Waals surface area contributed by atoms with Crippen LogP contribution in [0.2, 0.25) is 0 Å². The van der Waals surface area contributed by atoms with E-state index in [4.69, 9.17) is 4.74 Å². The van der Waals surface area contributed by atoms with Crippen molar-refractivity contribution in [2.45, 2.75) is 24.4 Å². The highest BCUT2D eigenvalue weighted by molar-refractivity contribution is 6.15. The van der Waals surface area contributed by atoms with E-state index >= 15 is 0 Å². The first-order valence-corrected chi connectivity index (χ1v) is 10.9. The van der Waals surface area contributed by atoms with Gasteiger partial charge < -0.3 is 15.2 Å². The van der Waals surface area contributed by atoms with Crippen LogP contribution >= 0.6 is 0 Å². The fourth-order valence-corrected chi connectivity index (χ4v) is 5.48. The Kier molecular flexibility index (Phi) is 5.18. The number of anilines is 1. The number of aromatic hydroxyl groups is 1. The molecule has 3 aliphatic heterocycles. The lowest BCUT2D eigenvalue weighted by atomic mass is 9.76. The first-order chi connectivity index (χ1) is 15.9. The van der Waals surface area contributed by atoms with Crippen LogP contribution < -0.4 is 10.6 Å². The molecule has 2 saturated heterocycles. The summed E-state index contributed by atoms with van der Waals surface area (Å²) in [6, 6.07) is 9.99. The normalized spacial score (nSPS) is 27.9. The average molecular weight is 453 g/mol. The molecule has 1 spiro atoms. The molecule has 2 fully saturated rings. The van der Waals surface area contributed by atoms with Gasteiger partial charge in [0.2, 0.25) is 17.7 Å². The molecule has 0 saturated carbocycles. The third-order valence-electron chi connectivity index (χ3n) is 6.89. The van der Waals surface area contributed by atoms with Crippen LogP contribution in [0.3, 0.4) is 0 Å². The molecule has 3 aliphatic rings.